The fourth-order valence-electron chi connectivity index (χ4n) is 4.01. The lowest BCUT2D eigenvalue weighted by Gasteiger charge is -2.36. The molecule has 2 aromatic rings. The molecule has 0 unspecified atom stereocenters. The van der Waals surface area contributed by atoms with Crippen molar-refractivity contribution in [3.05, 3.63) is 53.6 Å². The van der Waals surface area contributed by atoms with E-state index in [2.05, 4.69) is 17.0 Å². The van der Waals surface area contributed by atoms with Gasteiger partial charge in [0.15, 0.2) is 0 Å². The van der Waals surface area contributed by atoms with Crippen LogP contribution in [0, 0.1) is 0 Å². The molecule has 1 saturated heterocycles. The van der Waals surface area contributed by atoms with E-state index in [1.165, 1.54) is 0 Å². The molecule has 146 valence electrons. The minimum atomic E-state index is 0.0486. The molecule has 0 aromatic heterocycles. The molecule has 0 aliphatic carbocycles. The number of benzene rings is 2. The topological polar surface area (TPSA) is 53.1 Å². The first kappa shape index (κ1) is 18.3. The second-order valence-electron chi connectivity index (χ2n) is 7.24. The van der Waals surface area contributed by atoms with Crippen molar-refractivity contribution in [2.24, 2.45) is 0 Å². The quantitative estimate of drug-likeness (QED) is 0.823. The van der Waals surface area contributed by atoms with Gasteiger partial charge in [-0.05, 0) is 54.4 Å². The van der Waals surface area contributed by atoms with Gasteiger partial charge in [0.1, 0.15) is 5.75 Å². The molecule has 0 atom stereocenters. The molecule has 0 saturated carbocycles. The molecule has 28 heavy (non-hydrogen) atoms. The highest BCUT2D eigenvalue weighted by Gasteiger charge is 2.26. The van der Waals surface area contributed by atoms with Crippen LogP contribution >= 0.6 is 0 Å². The number of fused-ring (bicyclic) bond motifs is 1. The molecule has 6 heteroatoms. The Morgan fingerprint density at radius 3 is 2.29 bits per heavy atom. The summed E-state index contributed by atoms with van der Waals surface area (Å²) in [7, 11) is 1.66. The fourth-order valence-corrected chi connectivity index (χ4v) is 4.01. The molecular formula is C22H25N3O3. The highest BCUT2D eigenvalue weighted by atomic mass is 16.5. The minimum absolute atomic E-state index is 0.0486. The van der Waals surface area contributed by atoms with Crippen LogP contribution in [0.15, 0.2) is 42.5 Å². The number of carbonyl (C=O) groups excluding carboxylic acids is 2. The summed E-state index contributed by atoms with van der Waals surface area (Å²) in [5.74, 6) is 0.962. The van der Waals surface area contributed by atoms with Crippen LogP contribution in [0.2, 0.25) is 0 Å². The van der Waals surface area contributed by atoms with Gasteiger partial charge in [-0.15, -0.1) is 0 Å². The number of hydrogen-bond acceptors (Lipinski definition) is 4. The number of piperazine rings is 1. The summed E-state index contributed by atoms with van der Waals surface area (Å²) < 4.78 is 5.21. The monoisotopic (exact) mass is 379 g/mol. The number of amides is 2. The van der Waals surface area contributed by atoms with Crippen LogP contribution in [0.1, 0.15) is 22.8 Å². The average Bonchev–Trinajstić information content (AvgIpc) is 3.17. The van der Waals surface area contributed by atoms with Crippen molar-refractivity contribution in [1.29, 1.82) is 0 Å². The van der Waals surface area contributed by atoms with E-state index in [9.17, 15) is 9.59 Å². The van der Waals surface area contributed by atoms with E-state index in [4.69, 9.17) is 4.74 Å². The molecule has 2 aliphatic heterocycles. The molecule has 2 heterocycles. The fraction of sp³-hybridized carbons (Fsp3) is 0.364. The summed E-state index contributed by atoms with van der Waals surface area (Å²) in [6.07, 6.45) is 0.807. The van der Waals surface area contributed by atoms with Gasteiger partial charge in [-0.3, -0.25) is 9.59 Å². The summed E-state index contributed by atoms with van der Waals surface area (Å²) >= 11 is 0. The second kappa shape index (κ2) is 7.54. The smallest absolute Gasteiger partial charge is 0.253 e. The molecule has 4 rings (SSSR count). The molecule has 6 nitrogen and oxygen atoms in total. The van der Waals surface area contributed by atoms with Gasteiger partial charge in [-0.2, -0.15) is 0 Å². The predicted octanol–water partition coefficient (Wildman–Crippen LogP) is 2.57. The van der Waals surface area contributed by atoms with Crippen molar-refractivity contribution < 1.29 is 14.3 Å². The first-order valence-electron chi connectivity index (χ1n) is 9.66. The minimum Gasteiger partial charge on any atom is -0.497 e. The number of nitrogens with zero attached hydrogens (tertiary/aromatic N) is 3. The van der Waals surface area contributed by atoms with E-state index < -0.39 is 0 Å². The van der Waals surface area contributed by atoms with Crippen molar-refractivity contribution in [1.82, 2.24) is 4.90 Å². The van der Waals surface area contributed by atoms with Gasteiger partial charge in [0.25, 0.3) is 5.91 Å². The largest absolute Gasteiger partial charge is 0.497 e. The van der Waals surface area contributed by atoms with E-state index in [-0.39, 0.29) is 11.8 Å². The maximum absolute atomic E-state index is 13.0. The first-order chi connectivity index (χ1) is 13.6. The SMILES string of the molecule is COc1ccc(N2CCN(C(=O)c3ccc4c(c3)CCN4C(C)=O)CC2)cc1. The number of methoxy groups -OCH3 is 1. The molecule has 0 bridgehead atoms. The average molecular weight is 379 g/mol. The van der Waals surface area contributed by atoms with Crippen molar-refractivity contribution in [3.8, 4) is 5.75 Å². The summed E-state index contributed by atoms with van der Waals surface area (Å²) in [6, 6.07) is 13.7. The van der Waals surface area contributed by atoms with Crippen molar-refractivity contribution in [2.75, 3.05) is 49.6 Å². The third-order valence-electron chi connectivity index (χ3n) is 5.61. The Morgan fingerprint density at radius 2 is 1.64 bits per heavy atom. The van der Waals surface area contributed by atoms with Crippen LogP contribution in [-0.4, -0.2) is 56.5 Å². The highest BCUT2D eigenvalue weighted by molar-refractivity contribution is 5.98. The Balaban J connectivity index is 1.41. The van der Waals surface area contributed by atoms with Crippen LogP contribution in [0.3, 0.4) is 0 Å². The summed E-state index contributed by atoms with van der Waals surface area (Å²) in [4.78, 5) is 30.6. The zero-order valence-electron chi connectivity index (χ0n) is 16.4. The van der Waals surface area contributed by atoms with Gasteiger partial charge in [-0.1, -0.05) is 0 Å². The van der Waals surface area contributed by atoms with Crippen LogP contribution in [0.5, 0.6) is 5.75 Å². The maximum atomic E-state index is 13.0. The van der Waals surface area contributed by atoms with Gasteiger partial charge in [0.05, 0.1) is 7.11 Å². The summed E-state index contributed by atoms with van der Waals surface area (Å²) in [5.41, 5.74) is 3.88. The Hall–Kier alpha value is -3.02. The summed E-state index contributed by atoms with van der Waals surface area (Å²) in [5, 5.41) is 0. The van der Waals surface area contributed by atoms with E-state index in [0.29, 0.717) is 25.2 Å². The lowest BCUT2D eigenvalue weighted by Crippen LogP contribution is -2.48. The Kier molecular flexibility index (Phi) is 4.94. The highest BCUT2D eigenvalue weighted by Crippen LogP contribution is 2.29. The summed E-state index contributed by atoms with van der Waals surface area (Å²) in [6.45, 7) is 5.28. The second-order valence-corrected chi connectivity index (χ2v) is 7.24. The van der Waals surface area contributed by atoms with Gasteiger partial charge in [0, 0.05) is 56.6 Å². The molecule has 2 amide bonds. The Bertz CT molecular complexity index is 886. The Labute approximate surface area is 165 Å². The number of hydrogen-bond donors (Lipinski definition) is 0. The number of anilines is 2. The zero-order valence-corrected chi connectivity index (χ0v) is 16.4. The van der Waals surface area contributed by atoms with Gasteiger partial charge in [-0.25, -0.2) is 0 Å². The van der Waals surface area contributed by atoms with E-state index in [0.717, 1.165) is 42.2 Å². The lowest BCUT2D eigenvalue weighted by molar-refractivity contribution is -0.116. The number of carbonyl (C=O) groups is 2. The van der Waals surface area contributed by atoms with E-state index in [1.54, 1.807) is 18.9 Å². The molecule has 0 spiro atoms. The molecule has 1 fully saturated rings. The van der Waals surface area contributed by atoms with Crippen molar-refractivity contribution >= 4 is 23.2 Å². The molecule has 0 N–H and O–H groups in total. The van der Waals surface area contributed by atoms with Gasteiger partial charge < -0.3 is 19.4 Å². The Morgan fingerprint density at radius 1 is 0.929 bits per heavy atom. The molecular weight excluding hydrogens is 354 g/mol. The van der Waals surface area contributed by atoms with Gasteiger partial charge in [0.2, 0.25) is 5.91 Å². The van der Waals surface area contributed by atoms with E-state index in [1.807, 2.05) is 35.2 Å². The van der Waals surface area contributed by atoms with Crippen LogP contribution in [0.4, 0.5) is 11.4 Å². The zero-order chi connectivity index (χ0) is 19.7. The molecule has 0 radical (unpaired) electrons. The van der Waals surface area contributed by atoms with Crippen LogP contribution in [0.25, 0.3) is 0 Å². The number of ether oxygens (including phenoxy) is 1. The van der Waals surface area contributed by atoms with Crippen LogP contribution < -0.4 is 14.5 Å². The van der Waals surface area contributed by atoms with Crippen molar-refractivity contribution in [3.63, 3.8) is 0 Å². The normalized spacial score (nSPS) is 16.1. The lowest BCUT2D eigenvalue weighted by atomic mass is 10.1. The van der Waals surface area contributed by atoms with Gasteiger partial charge >= 0.3 is 0 Å². The number of rotatable bonds is 3. The molecule has 2 aliphatic rings. The maximum Gasteiger partial charge on any atom is 0.253 e. The predicted molar refractivity (Wildman–Crippen MR) is 109 cm³/mol. The third kappa shape index (κ3) is 3.42. The third-order valence-corrected chi connectivity index (χ3v) is 5.61. The standard InChI is InChI=1S/C22H25N3O3/c1-16(26)25-10-9-17-15-18(3-8-21(17)25)22(27)24-13-11-23(12-14-24)19-4-6-20(28-2)7-5-19/h3-8,15H,9-14H2,1-2H3. The molecule has 2 aromatic carbocycles. The first-order valence-corrected chi connectivity index (χ1v) is 9.66. The van der Waals surface area contributed by atoms with Crippen LogP contribution in [-0.2, 0) is 11.2 Å². The van der Waals surface area contributed by atoms with E-state index >= 15 is 0 Å². The van der Waals surface area contributed by atoms with Crippen molar-refractivity contribution in [2.45, 2.75) is 13.3 Å².